The van der Waals surface area contributed by atoms with E-state index in [4.69, 9.17) is 10.7 Å². The number of halogens is 1. The molecular weight excluding hydrogens is 542 g/mol. The SMILES string of the molecule is CN(C)c1ccc2ccccc2c1S(=O)(=O)Cl.S=C=Nc1ccc(C=Cc2ccc(N=C=S)cc2)cc1. The van der Waals surface area contributed by atoms with Crippen molar-refractivity contribution < 1.29 is 8.42 Å². The van der Waals surface area contributed by atoms with E-state index in [9.17, 15) is 8.42 Å². The van der Waals surface area contributed by atoms with Crippen LogP contribution in [0.3, 0.4) is 0 Å². The molecule has 5 nitrogen and oxygen atoms in total. The Morgan fingerprint density at radius 1 is 0.757 bits per heavy atom. The van der Waals surface area contributed by atoms with Gasteiger partial charge in [0, 0.05) is 30.2 Å². The molecular formula is C28H22ClN3O2S3. The Bertz CT molecular complexity index is 1560. The molecule has 0 amide bonds. The van der Waals surface area contributed by atoms with Crippen molar-refractivity contribution in [2.45, 2.75) is 4.90 Å². The molecule has 0 atom stereocenters. The molecule has 0 heterocycles. The maximum absolute atomic E-state index is 11.7. The van der Waals surface area contributed by atoms with Crippen LogP contribution < -0.4 is 4.90 Å². The third-order valence-electron chi connectivity index (χ3n) is 5.19. The number of thiocarbonyl (C=S) groups is 2. The first-order valence-corrected chi connectivity index (χ1v) is 14.0. The van der Waals surface area contributed by atoms with E-state index < -0.39 is 9.05 Å². The van der Waals surface area contributed by atoms with E-state index in [1.807, 2.05) is 78.9 Å². The predicted molar refractivity (Wildman–Crippen MR) is 162 cm³/mol. The normalized spacial score (nSPS) is 10.7. The second-order valence-electron chi connectivity index (χ2n) is 7.89. The molecule has 186 valence electrons. The lowest BCUT2D eigenvalue weighted by molar-refractivity contribution is 0.610. The van der Waals surface area contributed by atoms with Gasteiger partial charge in [-0.25, -0.2) is 8.42 Å². The van der Waals surface area contributed by atoms with Gasteiger partial charge in [-0.3, -0.25) is 0 Å². The summed E-state index contributed by atoms with van der Waals surface area (Å²) in [6.07, 6.45) is 4.06. The summed E-state index contributed by atoms with van der Waals surface area (Å²) in [7, 11) is 5.33. The number of nitrogens with zero attached hydrogens (tertiary/aromatic N) is 3. The first-order valence-electron chi connectivity index (χ1n) is 10.9. The monoisotopic (exact) mass is 563 g/mol. The van der Waals surface area contributed by atoms with Gasteiger partial charge in [0.15, 0.2) is 0 Å². The van der Waals surface area contributed by atoms with Crippen molar-refractivity contribution in [1.82, 2.24) is 0 Å². The molecule has 0 N–H and O–H groups in total. The lowest BCUT2D eigenvalue weighted by Crippen LogP contribution is -2.12. The predicted octanol–water partition coefficient (Wildman–Crippen LogP) is 8.16. The van der Waals surface area contributed by atoms with Crippen LogP contribution in [0.4, 0.5) is 17.1 Å². The van der Waals surface area contributed by atoms with Crippen LogP contribution in [0.1, 0.15) is 11.1 Å². The average Bonchev–Trinajstić information content (AvgIpc) is 2.88. The fourth-order valence-corrected chi connectivity index (χ4v) is 5.10. The molecule has 0 aliphatic carbocycles. The minimum Gasteiger partial charge on any atom is -0.377 e. The molecule has 0 aliphatic rings. The van der Waals surface area contributed by atoms with Crippen LogP contribution in [-0.4, -0.2) is 32.8 Å². The Kier molecular flexibility index (Phi) is 10.0. The lowest BCUT2D eigenvalue weighted by atomic mass is 10.1. The minimum atomic E-state index is -3.77. The zero-order chi connectivity index (χ0) is 26.8. The number of rotatable bonds is 6. The van der Waals surface area contributed by atoms with E-state index in [0.717, 1.165) is 27.9 Å². The summed E-state index contributed by atoms with van der Waals surface area (Å²) in [6, 6.07) is 26.4. The van der Waals surface area contributed by atoms with Gasteiger partial charge in [-0.15, -0.1) is 0 Å². The van der Waals surface area contributed by atoms with Crippen LogP contribution in [0, 0.1) is 0 Å². The number of hydrogen-bond donors (Lipinski definition) is 0. The Hall–Kier alpha value is -3.48. The largest absolute Gasteiger partial charge is 0.377 e. The summed E-state index contributed by atoms with van der Waals surface area (Å²) in [5.74, 6) is 0. The van der Waals surface area contributed by atoms with Crippen molar-refractivity contribution in [1.29, 1.82) is 0 Å². The zero-order valence-electron chi connectivity index (χ0n) is 20.0. The first-order chi connectivity index (χ1) is 17.7. The van der Waals surface area contributed by atoms with Gasteiger partial charge in [-0.05, 0) is 71.3 Å². The molecule has 4 rings (SSSR count). The summed E-state index contributed by atoms with van der Waals surface area (Å²) >= 11 is 9.12. The number of anilines is 1. The molecule has 0 spiro atoms. The maximum Gasteiger partial charge on any atom is 0.263 e. The summed E-state index contributed by atoms with van der Waals surface area (Å²) in [5.41, 5.74) is 4.39. The van der Waals surface area contributed by atoms with E-state index in [1.54, 1.807) is 37.2 Å². The second-order valence-corrected chi connectivity index (χ2v) is 10.8. The van der Waals surface area contributed by atoms with Crippen LogP contribution in [0.25, 0.3) is 22.9 Å². The van der Waals surface area contributed by atoms with Crippen molar-refractivity contribution in [3.8, 4) is 0 Å². The van der Waals surface area contributed by atoms with Gasteiger partial charge in [0.2, 0.25) is 0 Å². The van der Waals surface area contributed by atoms with Gasteiger partial charge in [-0.1, -0.05) is 66.7 Å². The highest BCUT2D eigenvalue weighted by atomic mass is 35.7. The number of hydrogen-bond acceptors (Lipinski definition) is 7. The van der Waals surface area contributed by atoms with E-state index in [1.165, 1.54) is 0 Å². The molecule has 0 unspecified atom stereocenters. The Morgan fingerprint density at radius 3 is 1.68 bits per heavy atom. The van der Waals surface area contributed by atoms with E-state index in [2.05, 4.69) is 44.7 Å². The summed E-state index contributed by atoms with van der Waals surface area (Å²) in [5, 5.41) is 6.20. The molecule has 0 saturated heterocycles. The third kappa shape index (κ3) is 8.00. The van der Waals surface area contributed by atoms with E-state index >= 15 is 0 Å². The third-order valence-corrected chi connectivity index (χ3v) is 6.75. The van der Waals surface area contributed by atoms with Gasteiger partial charge in [0.25, 0.3) is 9.05 Å². The van der Waals surface area contributed by atoms with E-state index in [-0.39, 0.29) is 4.90 Å². The Balaban J connectivity index is 0.000000208. The van der Waals surface area contributed by atoms with Crippen LogP contribution >= 0.6 is 35.1 Å². The molecule has 4 aromatic carbocycles. The molecule has 0 aliphatic heterocycles. The molecule has 4 aromatic rings. The molecule has 0 bridgehead atoms. The van der Waals surface area contributed by atoms with Crippen molar-refractivity contribution in [2.24, 2.45) is 9.98 Å². The average molecular weight is 564 g/mol. The van der Waals surface area contributed by atoms with Crippen molar-refractivity contribution in [3.63, 3.8) is 0 Å². The topological polar surface area (TPSA) is 62.1 Å². The van der Waals surface area contributed by atoms with Gasteiger partial charge >= 0.3 is 0 Å². The standard InChI is InChI=1S/C16H10N2S2.C12H12ClNO2S/c19-11-17-15-7-3-13(4-8-15)1-2-14-5-9-16(10-6-14)18-12-20;1-14(2)11-8-7-9-5-3-4-6-10(9)12(11)17(13,15)16/h1-10H;3-8H,1-2H3. The van der Waals surface area contributed by atoms with Gasteiger partial charge in [0.1, 0.15) is 4.90 Å². The number of benzene rings is 4. The molecule has 9 heteroatoms. The maximum atomic E-state index is 11.7. The number of fused-ring (bicyclic) bond motifs is 1. The molecule has 0 aromatic heterocycles. The Morgan fingerprint density at radius 2 is 1.24 bits per heavy atom. The highest BCUT2D eigenvalue weighted by Gasteiger charge is 2.20. The van der Waals surface area contributed by atoms with Crippen LogP contribution in [0.15, 0.2) is 99.8 Å². The van der Waals surface area contributed by atoms with Gasteiger partial charge < -0.3 is 4.90 Å². The molecule has 37 heavy (non-hydrogen) atoms. The van der Waals surface area contributed by atoms with Crippen LogP contribution in [0.2, 0.25) is 0 Å². The van der Waals surface area contributed by atoms with Gasteiger partial charge in [-0.2, -0.15) is 9.98 Å². The van der Waals surface area contributed by atoms with Gasteiger partial charge in [0.05, 0.1) is 27.4 Å². The van der Waals surface area contributed by atoms with Crippen molar-refractivity contribution in [2.75, 3.05) is 19.0 Å². The fraction of sp³-hybridized carbons (Fsp3) is 0.0714. The quantitative estimate of drug-likeness (QED) is 0.102. The summed E-state index contributed by atoms with van der Waals surface area (Å²) < 4.78 is 23.4. The summed E-state index contributed by atoms with van der Waals surface area (Å²) in [6.45, 7) is 0. The summed E-state index contributed by atoms with van der Waals surface area (Å²) in [4.78, 5) is 9.72. The highest BCUT2D eigenvalue weighted by Crippen LogP contribution is 2.34. The van der Waals surface area contributed by atoms with Crippen LogP contribution in [-0.2, 0) is 9.05 Å². The van der Waals surface area contributed by atoms with Crippen molar-refractivity contribution >= 4 is 94.5 Å². The van der Waals surface area contributed by atoms with Crippen LogP contribution in [0.5, 0.6) is 0 Å². The molecule has 0 radical (unpaired) electrons. The first kappa shape index (κ1) is 28.1. The molecule has 0 saturated carbocycles. The fourth-order valence-electron chi connectivity index (χ4n) is 3.46. The molecule has 0 fully saturated rings. The number of isothiocyanates is 2. The highest BCUT2D eigenvalue weighted by molar-refractivity contribution is 8.14. The minimum absolute atomic E-state index is 0.169. The Labute approximate surface area is 231 Å². The zero-order valence-corrected chi connectivity index (χ0v) is 23.2. The second kappa shape index (κ2) is 13.2. The van der Waals surface area contributed by atoms with Crippen molar-refractivity contribution in [3.05, 3.63) is 96.1 Å². The van der Waals surface area contributed by atoms with E-state index in [0.29, 0.717) is 11.1 Å². The number of aliphatic imine (C=N–C) groups is 2. The lowest BCUT2D eigenvalue weighted by Gasteiger charge is -2.17. The smallest absolute Gasteiger partial charge is 0.263 e.